The van der Waals surface area contributed by atoms with Crippen molar-refractivity contribution in [1.29, 1.82) is 0 Å². The number of carbonyl (C=O) groups is 2. The zero-order valence-corrected chi connectivity index (χ0v) is 16.3. The maximum absolute atomic E-state index is 14.1. The van der Waals surface area contributed by atoms with E-state index in [0.29, 0.717) is 15.0 Å². The zero-order chi connectivity index (χ0) is 20.8. The molecule has 0 bridgehead atoms. The minimum absolute atomic E-state index is 0.0952. The summed E-state index contributed by atoms with van der Waals surface area (Å²) in [6.07, 6.45) is 0.494. The fourth-order valence-corrected chi connectivity index (χ4v) is 2.43. The van der Waals surface area contributed by atoms with Gasteiger partial charge in [-0.15, -0.1) is 0 Å². The zero-order valence-electron chi connectivity index (χ0n) is 15.1. The number of benzene rings is 1. The van der Waals surface area contributed by atoms with Crippen LogP contribution >= 0.6 is 0 Å². The number of carbonyl (C=O) groups excluding carboxylic acids is 2. The molecule has 2 radical (unpaired) electrons. The Balaban J connectivity index is 2.26. The van der Waals surface area contributed by atoms with E-state index in [2.05, 4.69) is 26.3 Å². The highest BCUT2D eigenvalue weighted by atomic mass is 27.0. The molecule has 0 fully saturated rings. The van der Waals surface area contributed by atoms with Crippen LogP contribution in [0.2, 0.25) is 0 Å². The summed E-state index contributed by atoms with van der Waals surface area (Å²) in [5.41, 5.74) is 5.15. The van der Waals surface area contributed by atoms with Gasteiger partial charge < -0.3 is 15.4 Å². The van der Waals surface area contributed by atoms with E-state index in [0.717, 1.165) is 18.2 Å². The molecule has 0 spiro atoms. The topological polar surface area (TPSA) is 101 Å². The van der Waals surface area contributed by atoms with Gasteiger partial charge in [-0.1, -0.05) is 16.7 Å². The molecule has 0 aliphatic heterocycles. The molecular weight excluding hydrogens is 387 g/mol. The molecule has 0 atom stereocenters. The molecule has 8 nitrogen and oxygen atoms in total. The van der Waals surface area contributed by atoms with E-state index in [1.54, 1.807) is 19.0 Å². The fraction of sp³-hybridized carbons (Fsp3) is 0.176. The van der Waals surface area contributed by atoms with Crippen molar-refractivity contribution in [3.05, 3.63) is 47.5 Å². The van der Waals surface area contributed by atoms with E-state index in [4.69, 9.17) is 10.5 Å². The molecule has 1 aromatic carbocycles. The average molecular weight is 403 g/mol. The smallest absolute Gasteiger partial charge is 0.435 e. The number of hydrogen-bond acceptors (Lipinski definition) is 4. The van der Waals surface area contributed by atoms with Gasteiger partial charge in [0.25, 0.3) is 0 Å². The van der Waals surface area contributed by atoms with Gasteiger partial charge in [0.15, 0.2) is 0 Å². The molecule has 0 aliphatic carbocycles. The maximum Gasteiger partial charge on any atom is 0.435 e. The first-order chi connectivity index (χ1) is 13.2. The molecule has 3 amide bonds. The summed E-state index contributed by atoms with van der Waals surface area (Å²) in [5.74, 6) is -2.03. The summed E-state index contributed by atoms with van der Waals surface area (Å²) < 4.78 is 33.4. The molecule has 1 aromatic heterocycles. The number of aliphatic imine (C=N–C) groups is 1. The summed E-state index contributed by atoms with van der Waals surface area (Å²) in [4.78, 5) is 33.2. The lowest BCUT2D eigenvalue weighted by molar-refractivity contribution is 0.151. The molecule has 0 saturated carbocycles. The highest BCUT2D eigenvalue weighted by molar-refractivity contribution is 6.31. The Labute approximate surface area is 168 Å². The van der Waals surface area contributed by atoms with Crippen LogP contribution in [0.4, 0.5) is 29.9 Å². The third kappa shape index (κ3) is 5.25. The average Bonchev–Trinajstić information content (AvgIpc) is 2.61. The molecule has 11 heteroatoms. The van der Waals surface area contributed by atoms with Crippen molar-refractivity contribution in [2.75, 3.05) is 19.0 Å². The Morgan fingerprint density at radius 1 is 1.25 bits per heavy atom. The molecule has 0 aliphatic rings. The lowest BCUT2D eigenvalue weighted by Gasteiger charge is -2.21. The molecule has 2 N–H and O–H groups in total. The first-order valence-corrected chi connectivity index (χ1v) is 8.44. The van der Waals surface area contributed by atoms with Gasteiger partial charge in [-0.25, -0.2) is 23.3 Å². The lowest BCUT2D eigenvalue weighted by Crippen LogP contribution is -2.35. The van der Waals surface area contributed by atoms with Gasteiger partial charge in [0.1, 0.15) is 29.7 Å². The van der Waals surface area contributed by atoms with Crippen LogP contribution in [0.3, 0.4) is 0 Å². The second-order valence-corrected chi connectivity index (χ2v) is 6.27. The highest BCUT2D eigenvalue weighted by Crippen LogP contribution is 2.28. The van der Waals surface area contributed by atoms with Crippen molar-refractivity contribution >= 4 is 50.8 Å². The third-order valence-corrected chi connectivity index (χ3v) is 3.85. The number of primary amides is 1. The summed E-state index contributed by atoms with van der Waals surface area (Å²) in [6.45, 7) is -0.139. The Hall–Kier alpha value is -3.03. The standard InChI is InChI=1S/C17H16F2N5O3.Al/c1-23(2)10-22-17(26)27-9-11-6-7-14(21-8-11)24(16(20)25)15-12(18)4-3-5-13(15)19;/h3-7,10H,9H2,1-2H3,(H2,20,25);. The van der Waals surface area contributed by atoms with E-state index in [-0.39, 0.29) is 12.4 Å². The normalized spacial score (nSPS) is 10.7. The number of halogens is 2. The van der Waals surface area contributed by atoms with Crippen molar-refractivity contribution in [2.24, 2.45) is 10.7 Å². The first kappa shape index (κ1) is 21.3. The Morgan fingerprint density at radius 2 is 1.89 bits per heavy atom. The summed E-state index contributed by atoms with van der Waals surface area (Å²) in [5, 5.41) is 0. The summed E-state index contributed by atoms with van der Waals surface area (Å²) in [7, 11) is 3.40. The van der Waals surface area contributed by atoms with E-state index in [9.17, 15) is 18.4 Å². The highest BCUT2D eigenvalue weighted by Gasteiger charge is 2.24. The number of hydrogen-bond donors (Lipinski definition) is 1. The lowest BCUT2D eigenvalue weighted by atomic mass is 10.2. The molecular formula is C17H16AlF2N5O3. The molecule has 28 heavy (non-hydrogen) atoms. The number of rotatable bonds is 5. The number of ether oxygens (including phenoxy) is 1. The van der Waals surface area contributed by atoms with Crippen LogP contribution in [0.1, 0.15) is 5.56 Å². The molecule has 1 heterocycles. The molecule has 144 valence electrons. The van der Waals surface area contributed by atoms with Gasteiger partial charge in [-0.2, -0.15) is 4.99 Å². The number of para-hydroxylation sites is 1. The van der Waals surface area contributed by atoms with Crippen LogP contribution in [-0.2, 0) is 11.3 Å². The fourth-order valence-electron chi connectivity index (χ4n) is 2.12. The predicted octanol–water partition coefficient (Wildman–Crippen LogP) is 1.60. The van der Waals surface area contributed by atoms with Crippen molar-refractivity contribution in [3.8, 4) is 0 Å². The largest absolute Gasteiger partial charge is 0.443 e. The van der Waals surface area contributed by atoms with Gasteiger partial charge in [0.05, 0.1) is 6.34 Å². The molecule has 2 rings (SSSR count). The minimum atomic E-state index is -1.11. The van der Waals surface area contributed by atoms with Crippen molar-refractivity contribution < 1.29 is 23.1 Å². The van der Waals surface area contributed by atoms with Crippen LogP contribution in [0.15, 0.2) is 35.3 Å². The van der Waals surface area contributed by atoms with Crippen LogP contribution in [-0.4, -0.2) is 58.7 Å². The van der Waals surface area contributed by atoms with Gasteiger partial charge >= 0.3 is 12.1 Å². The number of anilines is 2. The van der Waals surface area contributed by atoms with Crippen molar-refractivity contribution in [2.45, 2.75) is 6.61 Å². The van der Waals surface area contributed by atoms with Crippen LogP contribution in [0, 0.1) is 11.6 Å². The number of aromatic nitrogens is 1. The Morgan fingerprint density at radius 3 is 2.43 bits per heavy atom. The van der Waals surface area contributed by atoms with Crippen molar-refractivity contribution in [1.82, 2.24) is 9.88 Å². The SMILES string of the molecule is CN(C)C=NC(=O)OCc1ccc(N(C(N)=O)c2c(F)cccc2F)n[c]1[Al]. The van der Waals surface area contributed by atoms with Gasteiger partial charge in [0.2, 0.25) is 16.3 Å². The second-order valence-electron chi connectivity index (χ2n) is 5.72. The van der Waals surface area contributed by atoms with E-state index in [1.807, 2.05) is 0 Å². The van der Waals surface area contributed by atoms with E-state index in [1.165, 1.54) is 18.5 Å². The van der Waals surface area contributed by atoms with Gasteiger partial charge in [-0.3, -0.25) is 4.98 Å². The first-order valence-electron chi connectivity index (χ1n) is 7.87. The van der Waals surface area contributed by atoms with Crippen LogP contribution < -0.4 is 15.2 Å². The van der Waals surface area contributed by atoms with E-state index < -0.39 is 29.4 Å². The number of pyridine rings is 1. The van der Waals surface area contributed by atoms with Gasteiger partial charge in [-0.05, 0) is 23.8 Å². The predicted molar refractivity (Wildman–Crippen MR) is 100 cm³/mol. The number of nitrogens with zero attached hydrogens (tertiary/aromatic N) is 4. The molecule has 0 saturated heterocycles. The minimum Gasteiger partial charge on any atom is -0.443 e. The maximum atomic E-state index is 14.1. The molecule has 2 aromatic rings. The van der Waals surface area contributed by atoms with E-state index >= 15 is 0 Å². The summed E-state index contributed by atoms with van der Waals surface area (Å²) >= 11 is 2.29. The monoisotopic (exact) mass is 403 g/mol. The van der Waals surface area contributed by atoms with Crippen LogP contribution in [0.25, 0.3) is 0 Å². The Bertz CT molecular complexity index is 903. The third-order valence-electron chi connectivity index (χ3n) is 3.35. The Kier molecular flexibility index (Phi) is 7.03. The van der Waals surface area contributed by atoms with Crippen LogP contribution in [0.5, 0.6) is 0 Å². The number of amides is 3. The quantitative estimate of drug-likeness (QED) is 0.464. The molecule has 0 unspecified atom stereocenters. The van der Waals surface area contributed by atoms with Gasteiger partial charge in [0, 0.05) is 14.1 Å². The number of nitrogens with two attached hydrogens (primary N) is 1. The second kappa shape index (κ2) is 9.25. The van der Waals surface area contributed by atoms with Crippen molar-refractivity contribution in [3.63, 3.8) is 0 Å². The number of urea groups is 1. The summed E-state index contributed by atoms with van der Waals surface area (Å²) in [6, 6.07) is 4.87.